The average Bonchev–Trinajstić information content (AvgIpc) is 3.28. The van der Waals surface area contributed by atoms with Gasteiger partial charge in [-0.1, -0.05) is 25.1 Å². The summed E-state index contributed by atoms with van der Waals surface area (Å²) in [7, 11) is 0. The van der Waals surface area contributed by atoms with Crippen LogP contribution in [0.25, 0.3) is 15.9 Å². The zero-order chi connectivity index (χ0) is 19.3. The molecular weight excluding hydrogens is 394 g/mol. The number of rotatable bonds is 3. The summed E-state index contributed by atoms with van der Waals surface area (Å²) in [5.74, 6) is 0.838. The molecule has 1 aliphatic rings. The van der Waals surface area contributed by atoms with E-state index in [9.17, 15) is 4.79 Å². The molecule has 1 aliphatic heterocycles. The molecule has 4 aromatic rings. The lowest BCUT2D eigenvalue weighted by Crippen LogP contribution is -2.32. The number of para-hydroxylation sites is 1. The molecule has 1 aromatic carbocycles. The Balaban J connectivity index is 1.56. The SMILES string of the molecule is CCc1cc2c(N3CCc4c([nH]n(-c5ccccc5)c4=O)C3)nc(Cl)nc2s1. The summed E-state index contributed by atoms with van der Waals surface area (Å²) < 4.78 is 1.62. The predicted molar refractivity (Wildman–Crippen MR) is 113 cm³/mol. The van der Waals surface area contributed by atoms with E-state index in [-0.39, 0.29) is 10.8 Å². The van der Waals surface area contributed by atoms with Gasteiger partial charge in [-0.3, -0.25) is 9.89 Å². The van der Waals surface area contributed by atoms with Gasteiger partial charge in [-0.2, -0.15) is 4.98 Å². The van der Waals surface area contributed by atoms with E-state index in [0.29, 0.717) is 19.5 Å². The number of hydrogen-bond donors (Lipinski definition) is 1. The molecule has 4 heterocycles. The number of anilines is 1. The third-order valence-electron chi connectivity index (χ3n) is 5.11. The first-order valence-corrected chi connectivity index (χ1v) is 10.4. The Morgan fingerprint density at radius 1 is 1.25 bits per heavy atom. The van der Waals surface area contributed by atoms with E-state index >= 15 is 0 Å². The highest BCUT2D eigenvalue weighted by atomic mass is 35.5. The summed E-state index contributed by atoms with van der Waals surface area (Å²) in [4.78, 5) is 26.1. The van der Waals surface area contributed by atoms with E-state index in [1.165, 1.54) is 4.88 Å². The zero-order valence-electron chi connectivity index (χ0n) is 15.3. The highest BCUT2D eigenvalue weighted by molar-refractivity contribution is 7.18. The highest BCUT2D eigenvalue weighted by Gasteiger charge is 2.26. The van der Waals surface area contributed by atoms with Crippen molar-refractivity contribution in [3.63, 3.8) is 0 Å². The number of nitrogens with zero attached hydrogens (tertiary/aromatic N) is 4. The number of aryl methyl sites for hydroxylation is 1. The smallest absolute Gasteiger partial charge is 0.274 e. The summed E-state index contributed by atoms with van der Waals surface area (Å²) in [5.41, 5.74) is 2.63. The summed E-state index contributed by atoms with van der Waals surface area (Å²) >= 11 is 7.86. The summed E-state index contributed by atoms with van der Waals surface area (Å²) in [5, 5.41) is 4.57. The Bertz CT molecular complexity index is 1230. The van der Waals surface area contributed by atoms with Gasteiger partial charge in [0.15, 0.2) is 0 Å². The molecule has 0 fully saturated rings. The molecule has 0 aliphatic carbocycles. The van der Waals surface area contributed by atoms with E-state index in [2.05, 4.69) is 33.0 Å². The molecule has 0 atom stereocenters. The molecule has 3 aromatic heterocycles. The lowest BCUT2D eigenvalue weighted by Gasteiger charge is -2.27. The van der Waals surface area contributed by atoms with Gasteiger partial charge in [0.1, 0.15) is 10.6 Å². The molecule has 0 amide bonds. The summed E-state index contributed by atoms with van der Waals surface area (Å²) in [6.45, 7) is 3.43. The third-order valence-corrected chi connectivity index (χ3v) is 6.45. The number of aromatic amines is 1. The molecule has 0 radical (unpaired) electrons. The number of hydrogen-bond acceptors (Lipinski definition) is 5. The van der Waals surface area contributed by atoms with Crippen molar-refractivity contribution in [1.82, 2.24) is 19.7 Å². The summed E-state index contributed by atoms with van der Waals surface area (Å²) in [6.07, 6.45) is 1.62. The van der Waals surface area contributed by atoms with Gasteiger partial charge in [-0.05, 0) is 42.6 Å². The average molecular weight is 412 g/mol. The Morgan fingerprint density at radius 2 is 2.07 bits per heavy atom. The van der Waals surface area contributed by atoms with Gasteiger partial charge in [0, 0.05) is 17.0 Å². The van der Waals surface area contributed by atoms with Crippen LogP contribution in [0.2, 0.25) is 5.28 Å². The largest absolute Gasteiger partial charge is 0.350 e. The van der Waals surface area contributed by atoms with Crippen molar-refractivity contribution in [2.24, 2.45) is 0 Å². The second-order valence-electron chi connectivity index (χ2n) is 6.82. The fraction of sp³-hybridized carbons (Fsp3) is 0.250. The van der Waals surface area contributed by atoms with Crippen LogP contribution in [-0.2, 0) is 19.4 Å². The van der Waals surface area contributed by atoms with Crippen LogP contribution in [0.4, 0.5) is 5.82 Å². The molecular formula is C20H18ClN5OS. The van der Waals surface area contributed by atoms with Crippen molar-refractivity contribution in [1.29, 1.82) is 0 Å². The van der Waals surface area contributed by atoms with Gasteiger partial charge >= 0.3 is 0 Å². The molecule has 28 heavy (non-hydrogen) atoms. The standard InChI is InChI=1S/C20H18ClN5OS/c1-2-13-10-15-17(22-20(21)23-18(15)28-13)25-9-8-14-16(11-25)24-26(19(14)27)12-6-4-3-5-7-12/h3-7,10,24H,2,8-9,11H2,1H3. The quantitative estimate of drug-likeness (QED) is 0.518. The normalized spacial score (nSPS) is 13.9. The maximum Gasteiger partial charge on any atom is 0.274 e. The Labute approximate surface area is 170 Å². The van der Waals surface area contributed by atoms with Gasteiger partial charge in [0.05, 0.1) is 23.3 Å². The van der Waals surface area contributed by atoms with Crippen molar-refractivity contribution in [2.45, 2.75) is 26.3 Å². The molecule has 0 unspecified atom stereocenters. The number of halogens is 1. The number of H-pyrrole nitrogens is 1. The first-order chi connectivity index (χ1) is 13.6. The fourth-order valence-corrected chi connectivity index (χ4v) is 4.88. The van der Waals surface area contributed by atoms with Crippen molar-refractivity contribution in [2.75, 3.05) is 11.4 Å². The molecule has 0 saturated carbocycles. The van der Waals surface area contributed by atoms with Gasteiger partial charge < -0.3 is 4.90 Å². The van der Waals surface area contributed by atoms with Crippen molar-refractivity contribution in [3.05, 3.63) is 68.2 Å². The van der Waals surface area contributed by atoms with Gasteiger partial charge in [-0.15, -0.1) is 11.3 Å². The van der Waals surface area contributed by atoms with Gasteiger partial charge in [0.25, 0.3) is 5.56 Å². The van der Waals surface area contributed by atoms with E-state index in [1.807, 2.05) is 30.3 Å². The lowest BCUT2D eigenvalue weighted by molar-refractivity contribution is 0.704. The van der Waals surface area contributed by atoms with E-state index in [4.69, 9.17) is 11.6 Å². The molecule has 6 nitrogen and oxygen atoms in total. The number of benzene rings is 1. The molecule has 142 valence electrons. The molecule has 0 bridgehead atoms. The van der Waals surface area contributed by atoms with Crippen LogP contribution < -0.4 is 10.5 Å². The van der Waals surface area contributed by atoms with Crippen LogP contribution >= 0.6 is 22.9 Å². The second kappa shape index (κ2) is 6.76. The zero-order valence-corrected chi connectivity index (χ0v) is 16.8. The predicted octanol–water partition coefficient (Wildman–Crippen LogP) is 3.95. The number of thiophene rings is 1. The molecule has 8 heteroatoms. The maximum atomic E-state index is 12.8. The van der Waals surface area contributed by atoms with Crippen molar-refractivity contribution < 1.29 is 0 Å². The minimum Gasteiger partial charge on any atom is -0.350 e. The topological polar surface area (TPSA) is 66.8 Å². The monoisotopic (exact) mass is 411 g/mol. The molecule has 0 saturated heterocycles. The van der Waals surface area contributed by atoms with Crippen LogP contribution in [0.3, 0.4) is 0 Å². The lowest BCUT2D eigenvalue weighted by atomic mass is 10.1. The molecule has 0 spiro atoms. The fourth-order valence-electron chi connectivity index (χ4n) is 3.71. The Kier molecular flexibility index (Phi) is 4.21. The number of aromatic nitrogens is 4. The van der Waals surface area contributed by atoms with Crippen LogP contribution in [0, 0.1) is 0 Å². The maximum absolute atomic E-state index is 12.8. The molecule has 5 rings (SSSR count). The van der Waals surface area contributed by atoms with Crippen molar-refractivity contribution in [3.8, 4) is 5.69 Å². The van der Waals surface area contributed by atoms with Crippen LogP contribution in [0.15, 0.2) is 41.2 Å². The van der Waals surface area contributed by atoms with Gasteiger partial charge in [0.2, 0.25) is 5.28 Å². The Morgan fingerprint density at radius 3 is 2.86 bits per heavy atom. The van der Waals surface area contributed by atoms with E-state index < -0.39 is 0 Å². The first kappa shape index (κ1) is 17.5. The summed E-state index contributed by atoms with van der Waals surface area (Å²) in [6, 6.07) is 11.8. The van der Waals surface area contributed by atoms with E-state index in [0.717, 1.165) is 39.4 Å². The minimum absolute atomic E-state index is 0.0236. The van der Waals surface area contributed by atoms with Gasteiger partial charge in [-0.25, -0.2) is 9.67 Å². The van der Waals surface area contributed by atoms with Crippen LogP contribution in [-0.4, -0.2) is 26.3 Å². The highest BCUT2D eigenvalue weighted by Crippen LogP contribution is 2.34. The molecule has 1 N–H and O–H groups in total. The number of nitrogens with one attached hydrogen (secondary N) is 1. The van der Waals surface area contributed by atoms with Crippen molar-refractivity contribution >= 4 is 39.0 Å². The van der Waals surface area contributed by atoms with Crippen LogP contribution in [0.5, 0.6) is 0 Å². The Hall–Kier alpha value is -2.64. The third kappa shape index (κ3) is 2.82. The minimum atomic E-state index is 0.0236. The number of fused-ring (bicyclic) bond motifs is 2. The first-order valence-electron chi connectivity index (χ1n) is 9.23. The second-order valence-corrected chi connectivity index (χ2v) is 8.27. The van der Waals surface area contributed by atoms with E-state index in [1.54, 1.807) is 16.0 Å². The van der Waals surface area contributed by atoms with Crippen LogP contribution in [0.1, 0.15) is 23.1 Å².